The molecule has 8 N–H and O–H groups in total. The Bertz CT molecular complexity index is 819. The Hall–Kier alpha value is -2.05. The van der Waals surface area contributed by atoms with E-state index in [9.17, 15) is 50.1 Å². The molecule has 10 atom stereocenters. The van der Waals surface area contributed by atoms with Gasteiger partial charge in [0, 0.05) is 25.1 Å². The van der Waals surface area contributed by atoms with Crippen molar-refractivity contribution in [3.05, 3.63) is 12.2 Å². The van der Waals surface area contributed by atoms with Crippen molar-refractivity contribution < 1.29 is 64.3 Å². The number of aliphatic hydroxyl groups is 7. The van der Waals surface area contributed by atoms with Gasteiger partial charge in [-0.1, -0.05) is 6.42 Å². The lowest BCUT2D eigenvalue weighted by Crippen LogP contribution is -2.66. The van der Waals surface area contributed by atoms with Gasteiger partial charge in [-0.25, -0.2) is 0 Å². The minimum absolute atomic E-state index is 0.0252. The lowest BCUT2D eigenvalue weighted by atomic mass is 9.96. The largest absolute Gasteiger partial charge is 0.394 e. The quantitative estimate of drug-likeness (QED) is 0.0919. The molecule has 0 aromatic carbocycles. The zero-order valence-electron chi connectivity index (χ0n) is 19.9. The molecule has 0 radical (unpaired) electrons. The molecule has 2 fully saturated rings. The Kier molecular flexibility index (Phi) is 10.5. The highest BCUT2D eigenvalue weighted by molar-refractivity contribution is 6.12. The topological polar surface area (TPSA) is 236 Å². The third kappa shape index (κ3) is 6.88. The SMILES string of the molecule is O=C(CCCCCN1C(=O)C=CC1=O)N[C@@H]1O[C@H](CO)[C@@H](O[C@@H]2O[C@H](CO)[C@@H](O)[C@H](O)[C@H]2O)[C@H](O)[C@H]1O. The average Bonchev–Trinajstić information content (AvgIpc) is 3.20. The first-order chi connectivity index (χ1) is 17.6. The summed E-state index contributed by atoms with van der Waals surface area (Å²) in [7, 11) is 0. The van der Waals surface area contributed by atoms with Crippen LogP contribution in [0.4, 0.5) is 0 Å². The number of rotatable bonds is 11. The van der Waals surface area contributed by atoms with Crippen LogP contribution in [0.5, 0.6) is 0 Å². The van der Waals surface area contributed by atoms with E-state index in [0.29, 0.717) is 19.3 Å². The zero-order chi connectivity index (χ0) is 27.3. The van der Waals surface area contributed by atoms with E-state index in [0.717, 1.165) is 4.90 Å². The summed E-state index contributed by atoms with van der Waals surface area (Å²) in [5, 5.41) is 72.5. The van der Waals surface area contributed by atoms with Crippen LogP contribution in [0, 0.1) is 0 Å². The molecule has 3 aliphatic rings. The van der Waals surface area contributed by atoms with Gasteiger partial charge < -0.3 is 55.3 Å². The van der Waals surface area contributed by atoms with Crippen LogP contribution >= 0.6 is 0 Å². The number of carbonyl (C=O) groups is 3. The predicted octanol–water partition coefficient (Wildman–Crippen LogP) is -4.79. The van der Waals surface area contributed by atoms with Crippen LogP contribution in [0.25, 0.3) is 0 Å². The van der Waals surface area contributed by atoms with E-state index in [1.54, 1.807) is 0 Å². The Morgan fingerprint density at radius 2 is 1.49 bits per heavy atom. The highest BCUT2D eigenvalue weighted by Gasteiger charge is 2.50. The number of amides is 3. The molecule has 3 amide bonds. The fraction of sp³-hybridized carbons (Fsp3) is 0.773. The molecular weight excluding hydrogens is 500 g/mol. The summed E-state index contributed by atoms with van der Waals surface area (Å²) < 4.78 is 16.2. The van der Waals surface area contributed by atoms with Crippen LogP contribution in [0.3, 0.4) is 0 Å². The molecule has 210 valence electrons. The van der Waals surface area contributed by atoms with Gasteiger partial charge in [-0.05, 0) is 12.8 Å². The van der Waals surface area contributed by atoms with Crippen molar-refractivity contribution in [3.63, 3.8) is 0 Å². The molecule has 3 rings (SSSR count). The minimum atomic E-state index is -1.78. The maximum atomic E-state index is 12.3. The van der Waals surface area contributed by atoms with Crippen LogP contribution in [0.1, 0.15) is 25.7 Å². The van der Waals surface area contributed by atoms with Crippen LogP contribution in [0.15, 0.2) is 12.2 Å². The van der Waals surface area contributed by atoms with E-state index >= 15 is 0 Å². The predicted molar refractivity (Wildman–Crippen MR) is 119 cm³/mol. The highest BCUT2D eigenvalue weighted by atomic mass is 16.7. The maximum Gasteiger partial charge on any atom is 0.253 e. The summed E-state index contributed by atoms with van der Waals surface area (Å²) in [6.45, 7) is -1.20. The normalized spacial score (nSPS) is 38.3. The number of hydrogen-bond acceptors (Lipinski definition) is 13. The van der Waals surface area contributed by atoms with E-state index in [-0.39, 0.29) is 24.8 Å². The average molecular weight is 535 g/mol. The molecule has 2 saturated heterocycles. The number of aliphatic hydroxyl groups excluding tert-OH is 7. The van der Waals surface area contributed by atoms with Gasteiger partial charge in [0.05, 0.1) is 13.2 Å². The summed E-state index contributed by atoms with van der Waals surface area (Å²) in [5.41, 5.74) is 0. The summed E-state index contributed by atoms with van der Waals surface area (Å²) in [4.78, 5) is 36.5. The smallest absolute Gasteiger partial charge is 0.253 e. The zero-order valence-corrected chi connectivity index (χ0v) is 19.9. The molecular formula is C22H34N2O13. The van der Waals surface area contributed by atoms with Crippen LogP contribution in [-0.4, -0.2) is 139 Å². The Morgan fingerprint density at radius 3 is 2.11 bits per heavy atom. The van der Waals surface area contributed by atoms with Crippen LogP contribution in [0.2, 0.25) is 0 Å². The van der Waals surface area contributed by atoms with Gasteiger partial charge in [-0.15, -0.1) is 0 Å². The van der Waals surface area contributed by atoms with Gasteiger partial charge in [0.25, 0.3) is 11.8 Å². The number of carbonyl (C=O) groups excluding carboxylic acids is 3. The van der Waals surface area contributed by atoms with Crippen LogP contribution < -0.4 is 5.32 Å². The van der Waals surface area contributed by atoms with Crippen molar-refractivity contribution in [2.24, 2.45) is 0 Å². The van der Waals surface area contributed by atoms with Crippen molar-refractivity contribution in [2.45, 2.75) is 87.0 Å². The van der Waals surface area contributed by atoms with Crippen molar-refractivity contribution in [3.8, 4) is 0 Å². The van der Waals surface area contributed by atoms with E-state index in [2.05, 4.69) is 5.32 Å². The molecule has 3 aliphatic heterocycles. The van der Waals surface area contributed by atoms with E-state index in [4.69, 9.17) is 14.2 Å². The molecule has 0 aromatic rings. The molecule has 37 heavy (non-hydrogen) atoms. The van der Waals surface area contributed by atoms with Gasteiger partial charge in [-0.2, -0.15) is 0 Å². The van der Waals surface area contributed by atoms with Crippen LogP contribution in [-0.2, 0) is 28.6 Å². The minimum Gasteiger partial charge on any atom is -0.394 e. The molecule has 0 unspecified atom stereocenters. The number of imide groups is 1. The number of ether oxygens (including phenoxy) is 3. The summed E-state index contributed by atoms with van der Waals surface area (Å²) >= 11 is 0. The van der Waals surface area contributed by atoms with Crippen molar-refractivity contribution >= 4 is 17.7 Å². The van der Waals surface area contributed by atoms with Gasteiger partial charge in [-0.3, -0.25) is 19.3 Å². The van der Waals surface area contributed by atoms with Gasteiger partial charge in [0.2, 0.25) is 5.91 Å². The molecule has 15 heteroatoms. The van der Waals surface area contributed by atoms with Gasteiger partial charge in [0.15, 0.2) is 12.5 Å². The number of nitrogens with zero attached hydrogens (tertiary/aromatic N) is 1. The number of unbranched alkanes of at least 4 members (excludes halogenated alkanes) is 2. The maximum absolute atomic E-state index is 12.3. The molecule has 0 aliphatic carbocycles. The number of hydrogen-bond donors (Lipinski definition) is 8. The second-order valence-electron chi connectivity index (χ2n) is 9.10. The first-order valence-corrected chi connectivity index (χ1v) is 12.0. The first-order valence-electron chi connectivity index (χ1n) is 12.0. The molecule has 0 bridgehead atoms. The van der Waals surface area contributed by atoms with Crippen molar-refractivity contribution in [2.75, 3.05) is 19.8 Å². The first kappa shape index (κ1) is 29.5. The Morgan fingerprint density at radius 1 is 0.838 bits per heavy atom. The Labute approximate surface area is 211 Å². The summed E-state index contributed by atoms with van der Waals surface area (Å²) in [5.74, 6) is -1.27. The molecule has 0 saturated carbocycles. The highest BCUT2D eigenvalue weighted by Crippen LogP contribution is 2.28. The molecule has 0 aromatic heterocycles. The van der Waals surface area contributed by atoms with Gasteiger partial charge in [0.1, 0.15) is 48.8 Å². The van der Waals surface area contributed by atoms with Crippen molar-refractivity contribution in [1.82, 2.24) is 10.2 Å². The fourth-order valence-corrected chi connectivity index (χ4v) is 4.32. The third-order valence-corrected chi connectivity index (χ3v) is 6.49. The fourth-order valence-electron chi connectivity index (χ4n) is 4.32. The second-order valence-corrected chi connectivity index (χ2v) is 9.10. The Balaban J connectivity index is 1.47. The second kappa shape index (κ2) is 13.1. The molecule has 3 heterocycles. The van der Waals surface area contributed by atoms with Gasteiger partial charge >= 0.3 is 0 Å². The summed E-state index contributed by atoms with van der Waals surface area (Å²) in [6.07, 6.45) is -11.8. The molecule has 0 spiro atoms. The monoisotopic (exact) mass is 534 g/mol. The lowest BCUT2D eigenvalue weighted by molar-refractivity contribution is -0.343. The summed E-state index contributed by atoms with van der Waals surface area (Å²) in [6, 6.07) is 0. The van der Waals surface area contributed by atoms with E-state index < -0.39 is 80.5 Å². The standard InChI is InChI=1S/C22H34N2O13/c25-8-10-15(30)16(31)19(34)22(36-10)37-20-11(9-26)35-21(18(33)17(20)32)23-12(27)4-2-1-3-7-24-13(28)5-6-14(24)29/h5-6,10-11,15-22,25-26,30-34H,1-4,7-9H2,(H,23,27)/t10-,11-,15-,16+,17-,18-,19-,20-,21-,22+/m1/s1. The lowest BCUT2D eigenvalue weighted by Gasteiger charge is -2.46. The third-order valence-electron chi connectivity index (χ3n) is 6.49. The number of nitrogens with one attached hydrogen (secondary N) is 1. The van der Waals surface area contributed by atoms with Crippen molar-refractivity contribution in [1.29, 1.82) is 0 Å². The molecule has 15 nitrogen and oxygen atoms in total. The van der Waals surface area contributed by atoms with E-state index in [1.807, 2.05) is 0 Å². The van der Waals surface area contributed by atoms with E-state index in [1.165, 1.54) is 12.2 Å².